The Kier molecular flexibility index (Phi) is 6.08. The molecule has 2 aromatic rings. The topological polar surface area (TPSA) is 71.6 Å². The Morgan fingerprint density at radius 2 is 1.86 bits per heavy atom. The summed E-state index contributed by atoms with van der Waals surface area (Å²) in [6.07, 6.45) is 0. The van der Waals surface area contributed by atoms with Crippen LogP contribution in [0.25, 0.3) is 0 Å². The zero-order valence-electron chi connectivity index (χ0n) is 17.2. The average Bonchev–Trinajstić information content (AvgIpc) is 2.68. The first-order valence-electron chi connectivity index (χ1n) is 9.23. The number of anilines is 1. The second-order valence-corrected chi connectivity index (χ2v) is 7.33. The summed E-state index contributed by atoms with van der Waals surface area (Å²) in [6, 6.07) is 11.0. The number of para-hydroxylation sites is 1. The lowest BCUT2D eigenvalue weighted by molar-refractivity contribution is -0.113. The minimum atomic E-state index is -0.487. The van der Waals surface area contributed by atoms with Crippen LogP contribution in [-0.2, 0) is 4.79 Å². The molecule has 0 bridgehead atoms. The first kappa shape index (κ1) is 20.7. The molecule has 7 heteroatoms. The van der Waals surface area contributed by atoms with Gasteiger partial charge in [-0.1, -0.05) is 29.8 Å². The summed E-state index contributed by atoms with van der Waals surface area (Å²) in [7, 11) is 3.16. The largest absolute Gasteiger partial charge is 0.493 e. The summed E-state index contributed by atoms with van der Waals surface area (Å²) < 4.78 is 11.0. The Bertz CT molecular complexity index is 1000. The molecule has 152 valence electrons. The molecule has 1 amide bonds. The lowest BCUT2D eigenvalue weighted by atomic mass is 9.93. The number of carbonyl (C=O) groups is 1. The highest BCUT2D eigenvalue weighted by Gasteiger charge is 2.32. The summed E-state index contributed by atoms with van der Waals surface area (Å²) >= 11 is 5.34. The van der Waals surface area contributed by atoms with E-state index in [1.54, 1.807) is 14.2 Å². The number of hydrogen-bond acceptors (Lipinski definition) is 4. The number of benzene rings is 2. The lowest BCUT2D eigenvalue weighted by Gasteiger charge is -2.31. The zero-order chi connectivity index (χ0) is 21.1. The van der Waals surface area contributed by atoms with Gasteiger partial charge in [-0.3, -0.25) is 4.79 Å². The Morgan fingerprint density at radius 1 is 1.10 bits per heavy atom. The number of methoxy groups -OCH3 is 2. The first-order chi connectivity index (χ1) is 13.8. The lowest BCUT2D eigenvalue weighted by Crippen LogP contribution is -2.45. The van der Waals surface area contributed by atoms with Crippen molar-refractivity contribution in [3.63, 3.8) is 0 Å². The summed E-state index contributed by atoms with van der Waals surface area (Å²) in [5, 5.41) is 9.72. The first-order valence-corrected chi connectivity index (χ1v) is 9.64. The average molecular weight is 412 g/mol. The second kappa shape index (κ2) is 8.53. The van der Waals surface area contributed by atoms with Gasteiger partial charge >= 0.3 is 0 Å². The van der Waals surface area contributed by atoms with E-state index in [4.69, 9.17) is 21.7 Å². The molecule has 1 heterocycles. The van der Waals surface area contributed by atoms with E-state index < -0.39 is 6.04 Å². The van der Waals surface area contributed by atoms with Crippen LogP contribution in [-0.4, -0.2) is 25.2 Å². The van der Waals surface area contributed by atoms with Crippen molar-refractivity contribution in [1.82, 2.24) is 10.6 Å². The van der Waals surface area contributed by atoms with Gasteiger partial charge in [0.05, 0.1) is 25.8 Å². The smallest absolute Gasteiger partial charge is 0.255 e. The predicted molar refractivity (Wildman–Crippen MR) is 118 cm³/mol. The van der Waals surface area contributed by atoms with Crippen molar-refractivity contribution < 1.29 is 14.3 Å². The number of amides is 1. The molecule has 2 aromatic carbocycles. The fraction of sp³-hybridized carbons (Fsp3) is 0.273. The molecule has 1 aliphatic heterocycles. The van der Waals surface area contributed by atoms with E-state index in [1.807, 2.05) is 57.2 Å². The van der Waals surface area contributed by atoms with Crippen LogP contribution < -0.4 is 25.4 Å². The number of rotatable bonds is 5. The predicted octanol–water partition coefficient (Wildman–Crippen LogP) is 3.75. The van der Waals surface area contributed by atoms with Gasteiger partial charge in [-0.15, -0.1) is 0 Å². The molecule has 0 unspecified atom stereocenters. The van der Waals surface area contributed by atoms with Crippen LogP contribution in [0.4, 0.5) is 5.69 Å². The number of carbonyl (C=O) groups excluding carboxylic acids is 1. The van der Waals surface area contributed by atoms with Crippen LogP contribution in [0.2, 0.25) is 0 Å². The number of aryl methyl sites for hydroxylation is 2. The monoisotopic (exact) mass is 411 g/mol. The molecule has 3 N–H and O–H groups in total. The number of allylic oxidation sites excluding steroid dienone is 1. The zero-order valence-corrected chi connectivity index (χ0v) is 18.0. The highest BCUT2D eigenvalue weighted by atomic mass is 32.1. The van der Waals surface area contributed by atoms with Gasteiger partial charge in [0.1, 0.15) is 0 Å². The van der Waals surface area contributed by atoms with E-state index in [9.17, 15) is 4.79 Å². The van der Waals surface area contributed by atoms with Crippen molar-refractivity contribution in [1.29, 1.82) is 0 Å². The highest BCUT2D eigenvalue weighted by molar-refractivity contribution is 7.80. The van der Waals surface area contributed by atoms with Crippen molar-refractivity contribution in [2.24, 2.45) is 0 Å². The van der Waals surface area contributed by atoms with E-state index in [-0.39, 0.29) is 5.91 Å². The Morgan fingerprint density at radius 3 is 2.52 bits per heavy atom. The fourth-order valence-electron chi connectivity index (χ4n) is 3.51. The van der Waals surface area contributed by atoms with Crippen molar-refractivity contribution >= 4 is 28.9 Å². The molecule has 3 rings (SSSR count). The molecule has 0 saturated carbocycles. The normalized spacial score (nSPS) is 16.0. The van der Waals surface area contributed by atoms with Gasteiger partial charge in [-0.05, 0) is 50.7 Å². The van der Waals surface area contributed by atoms with Crippen LogP contribution in [0.3, 0.4) is 0 Å². The third kappa shape index (κ3) is 4.19. The van der Waals surface area contributed by atoms with E-state index in [0.717, 1.165) is 22.4 Å². The van der Waals surface area contributed by atoms with Gasteiger partial charge in [-0.2, -0.15) is 0 Å². The van der Waals surface area contributed by atoms with Crippen molar-refractivity contribution in [3.8, 4) is 11.5 Å². The standard InChI is InChI=1S/C22H25N3O3S/c1-12-9-10-16(13(2)11-12)24-21(26)18-14(3)23-22(29)25-19(18)15-7-6-8-17(27-4)20(15)28-5/h6-11,19H,1-5H3,(H,24,26)(H2,23,25,29)/t19-/m1/s1. The minimum absolute atomic E-state index is 0.216. The third-order valence-electron chi connectivity index (χ3n) is 4.89. The molecule has 0 aliphatic carbocycles. The van der Waals surface area contributed by atoms with Gasteiger partial charge in [0.25, 0.3) is 5.91 Å². The maximum Gasteiger partial charge on any atom is 0.255 e. The van der Waals surface area contributed by atoms with Crippen LogP contribution in [0.1, 0.15) is 29.7 Å². The third-order valence-corrected chi connectivity index (χ3v) is 5.11. The molecule has 0 fully saturated rings. The van der Waals surface area contributed by atoms with E-state index in [0.29, 0.717) is 27.9 Å². The number of ether oxygens (including phenoxy) is 2. The molecule has 1 atom stereocenters. The van der Waals surface area contributed by atoms with Crippen LogP contribution >= 0.6 is 12.2 Å². The van der Waals surface area contributed by atoms with Gasteiger partial charge in [-0.25, -0.2) is 0 Å². The summed E-state index contributed by atoms with van der Waals surface area (Å²) in [5.41, 5.74) is 4.89. The second-order valence-electron chi connectivity index (χ2n) is 6.93. The summed E-state index contributed by atoms with van der Waals surface area (Å²) in [5.74, 6) is 0.927. The van der Waals surface area contributed by atoms with Crippen LogP contribution in [0.15, 0.2) is 47.7 Å². The quantitative estimate of drug-likeness (QED) is 0.651. The van der Waals surface area contributed by atoms with Crippen LogP contribution in [0, 0.1) is 13.8 Å². The Labute approximate surface area is 176 Å². The van der Waals surface area contributed by atoms with Gasteiger partial charge < -0.3 is 25.4 Å². The Balaban J connectivity index is 2.04. The summed E-state index contributed by atoms with van der Waals surface area (Å²) in [4.78, 5) is 13.3. The molecule has 0 aromatic heterocycles. The van der Waals surface area contributed by atoms with Crippen molar-refractivity contribution in [2.45, 2.75) is 26.8 Å². The Hall–Kier alpha value is -3.06. The molecule has 0 spiro atoms. The minimum Gasteiger partial charge on any atom is -0.493 e. The highest BCUT2D eigenvalue weighted by Crippen LogP contribution is 2.39. The maximum absolute atomic E-state index is 13.3. The molecule has 6 nitrogen and oxygen atoms in total. The van der Waals surface area contributed by atoms with Crippen molar-refractivity contribution in [2.75, 3.05) is 19.5 Å². The SMILES string of the molecule is COc1cccc([C@H]2NC(=S)NC(C)=C2C(=O)Nc2ccc(C)cc2C)c1OC. The molecule has 1 aliphatic rings. The number of nitrogens with one attached hydrogen (secondary N) is 3. The number of thiocarbonyl (C=S) groups is 1. The molecule has 29 heavy (non-hydrogen) atoms. The van der Waals surface area contributed by atoms with E-state index in [1.165, 1.54) is 0 Å². The fourth-order valence-corrected chi connectivity index (χ4v) is 3.78. The number of hydrogen-bond donors (Lipinski definition) is 3. The summed E-state index contributed by atoms with van der Waals surface area (Å²) in [6.45, 7) is 5.83. The van der Waals surface area contributed by atoms with Crippen LogP contribution in [0.5, 0.6) is 11.5 Å². The maximum atomic E-state index is 13.3. The van der Waals surface area contributed by atoms with E-state index in [2.05, 4.69) is 16.0 Å². The van der Waals surface area contributed by atoms with Gasteiger partial charge in [0.2, 0.25) is 0 Å². The molecule has 0 radical (unpaired) electrons. The molecule has 0 saturated heterocycles. The van der Waals surface area contributed by atoms with Gasteiger partial charge in [0, 0.05) is 16.9 Å². The molecular weight excluding hydrogens is 386 g/mol. The van der Waals surface area contributed by atoms with Crippen molar-refractivity contribution in [3.05, 3.63) is 64.4 Å². The van der Waals surface area contributed by atoms with E-state index >= 15 is 0 Å². The van der Waals surface area contributed by atoms with Gasteiger partial charge in [0.15, 0.2) is 16.6 Å². The molecular formula is C22H25N3O3S.